The van der Waals surface area contributed by atoms with Crippen molar-refractivity contribution >= 4 is 39.0 Å². The molecule has 0 spiro atoms. The van der Waals surface area contributed by atoms with Crippen molar-refractivity contribution in [3.8, 4) is 5.75 Å². The van der Waals surface area contributed by atoms with Crippen LogP contribution in [-0.2, 0) is 11.3 Å². The zero-order chi connectivity index (χ0) is 16.1. The van der Waals surface area contributed by atoms with E-state index in [1.165, 1.54) is 36.5 Å². The Morgan fingerprint density at radius 2 is 2.09 bits per heavy atom. The second kappa shape index (κ2) is 7.51. The highest BCUT2D eigenvalue weighted by Crippen LogP contribution is 2.26. The summed E-state index contributed by atoms with van der Waals surface area (Å²) in [6.45, 7) is 1.70. The molecule has 0 unspecified atom stereocenters. The highest BCUT2D eigenvalue weighted by molar-refractivity contribution is 9.10. The van der Waals surface area contributed by atoms with E-state index in [0.717, 1.165) is 4.88 Å². The topological polar surface area (TPSA) is 55.4 Å². The number of carbonyl (C=O) groups excluding carboxylic acids is 2. The van der Waals surface area contributed by atoms with Gasteiger partial charge in [0.05, 0.1) is 15.9 Å². The van der Waals surface area contributed by atoms with Crippen molar-refractivity contribution in [1.29, 1.82) is 0 Å². The normalized spacial score (nSPS) is 10.3. The van der Waals surface area contributed by atoms with Crippen LogP contribution in [0, 0.1) is 5.82 Å². The SMILES string of the molecule is CC(=O)NCc1ccc(C(=O)COc2ccc(F)cc2Br)s1. The number of amides is 1. The number of ketones is 1. The summed E-state index contributed by atoms with van der Waals surface area (Å²) >= 11 is 4.49. The van der Waals surface area contributed by atoms with E-state index in [2.05, 4.69) is 21.2 Å². The van der Waals surface area contributed by atoms with E-state index in [9.17, 15) is 14.0 Å². The van der Waals surface area contributed by atoms with Gasteiger partial charge < -0.3 is 10.1 Å². The number of thiophene rings is 1. The third kappa shape index (κ3) is 4.64. The Morgan fingerprint density at radius 1 is 1.32 bits per heavy atom. The number of halogens is 2. The van der Waals surface area contributed by atoms with Crippen LogP contribution in [0.5, 0.6) is 5.75 Å². The van der Waals surface area contributed by atoms with Gasteiger partial charge in [-0.2, -0.15) is 0 Å². The van der Waals surface area contributed by atoms with Crippen LogP contribution in [0.1, 0.15) is 21.5 Å². The van der Waals surface area contributed by atoms with E-state index >= 15 is 0 Å². The molecule has 1 aromatic carbocycles. The van der Waals surface area contributed by atoms with Crippen molar-refractivity contribution in [2.45, 2.75) is 13.5 Å². The van der Waals surface area contributed by atoms with Crippen molar-refractivity contribution in [3.63, 3.8) is 0 Å². The monoisotopic (exact) mass is 385 g/mol. The molecule has 2 aromatic rings. The number of hydrogen-bond acceptors (Lipinski definition) is 4. The molecule has 0 fully saturated rings. The number of benzene rings is 1. The van der Waals surface area contributed by atoms with Crippen molar-refractivity contribution in [1.82, 2.24) is 5.32 Å². The number of Topliss-reactive ketones (excluding diaryl/α,β-unsaturated/α-hetero) is 1. The molecule has 116 valence electrons. The van der Waals surface area contributed by atoms with Gasteiger partial charge in [0, 0.05) is 11.8 Å². The lowest BCUT2D eigenvalue weighted by Crippen LogP contribution is -2.18. The summed E-state index contributed by atoms with van der Waals surface area (Å²) in [7, 11) is 0. The number of rotatable bonds is 6. The summed E-state index contributed by atoms with van der Waals surface area (Å²) in [4.78, 5) is 24.3. The Bertz CT molecular complexity index is 702. The van der Waals surface area contributed by atoms with Crippen molar-refractivity contribution in [2.75, 3.05) is 6.61 Å². The molecule has 0 saturated heterocycles. The Kier molecular flexibility index (Phi) is 5.68. The Morgan fingerprint density at radius 3 is 2.77 bits per heavy atom. The fraction of sp³-hybridized carbons (Fsp3) is 0.200. The van der Waals surface area contributed by atoms with Crippen molar-refractivity contribution in [2.24, 2.45) is 0 Å². The van der Waals surface area contributed by atoms with Gasteiger partial charge in [-0.05, 0) is 46.3 Å². The van der Waals surface area contributed by atoms with Gasteiger partial charge in [0.25, 0.3) is 0 Å². The summed E-state index contributed by atoms with van der Waals surface area (Å²) in [5, 5.41) is 2.67. The van der Waals surface area contributed by atoms with Gasteiger partial charge in [0.1, 0.15) is 11.6 Å². The quantitative estimate of drug-likeness (QED) is 0.773. The minimum Gasteiger partial charge on any atom is -0.484 e. The maximum atomic E-state index is 13.0. The third-order valence-electron chi connectivity index (χ3n) is 2.70. The summed E-state index contributed by atoms with van der Waals surface area (Å²) in [5.74, 6) is -0.266. The van der Waals surface area contributed by atoms with Crippen LogP contribution in [0.4, 0.5) is 4.39 Å². The first-order valence-corrected chi connectivity index (χ1v) is 8.01. The smallest absolute Gasteiger partial charge is 0.217 e. The van der Waals surface area contributed by atoms with Gasteiger partial charge in [0.15, 0.2) is 6.61 Å². The van der Waals surface area contributed by atoms with Crippen LogP contribution < -0.4 is 10.1 Å². The van der Waals surface area contributed by atoms with E-state index in [1.807, 2.05) is 0 Å². The second-order valence-corrected chi connectivity index (χ2v) is 6.48. The average Bonchev–Trinajstić information content (AvgIpc) is 2.93. The van der Waals surface area contributed by atoms with Crippen LogP contribution in [0.2, 0.25) is 0 Å². The molecule has 0 aliphatic carbocycles. The third-order valence-corrected chi connectivity index (χ3v) is 4.45. The van der Waals surface area contributed by atoms with Crippen LogP contribution in [0.15, 0.2) is 34.8 Å². The van der Waals surface area contributed by atoms with Gasteiger partial charge in [-0.3, -0.25) is 9.59 Å². The molecular weight excluding hydrogens is 373 g/mol. The number of ether oxygens (including phenoxy) is 1. The highest BCUT2D eigenvalue weighted by Gasteiger charge is 2.12. The number of carbonyl (C=O) groups is 2. The Labute approximate surface area is 139 Å². The predicted octanol–water partition coefficient (Wildman–Crippen LogP) is 3.55. The zero-order valence-corrected chi connectivity index (χ0v) is 14.1. The van der Waals surface area contributed by atoms with E-state index in [0.29, 0.717) is 21.6 Å². The maximum absolute atomic E-state index is 13.0. The highest BCUT2D eigenvalue weighted by atomic mass is 79.9. The van der Waals surface area contributed by atoms with Gasteiger partial charge in [0.2, 0.25) is 11.7 Å². The van der Waals surface area contributed by atoms with Gasteiger partial charge in [-0.1, -0.05) is 0 Å². The largest absolute Gasteiger partial charge is 0.484 e. The summed E-state index contributed by atoms with van der Waals surface area (Å²) < 4.78 is 18.8. The molecule has 1 heterocycles. The van der Waals surface area contributed by atoms with Crippen molar-refractivity contribution in [3.05, 3.63) is 50.4 Å². The lowest BCUT2D eigenvalue weighted by atomic mass is 10.3. The fourth-order valence-corrected chi connectivity index (χ4v) is 2.98. The fourth-order valence-electron chi connectivity index (χ4n) is 1.64. The molecule has 1 amide bonds. The van der Waals surface area contributed by atoms with E-state index in [4.69, 9.17) is 4.74 Å². The molecule has 0 radical (unpaired) electrons. The molecular formula is C15H13BrFNO3S. The maximum Gasteiger partial charge on any atom is 0.217 e. The molecule has 1 aromatic heterocycles. The van der Waals surface area contributed by atoms with E-state index < -0.39 is 0 Å². The molecule has 2 rings (SSSR count). The first-order valence-electron chi connectivity index (χ1n) is 6.40. The zero-order valence-electron chi connectivity index (χ0n) is 11.7. The Balaban J connectivity index is 1.93. The summed E-state index contributed by atoms with van der Waals surface area (Å²) in [6, 6.07) is 7.50. The molecule has 0 bridgehead atoms. The molecule has 4 nitrogen and oxygen atoms in total. The molecule has 0 saturated carbocycles. The van der Waals surface area contributed by atoms with Crippen LogP contribution in [-0.4, -0.2) is 18.3 Å². The van der Waals surface area contributed by atoms with Crippen LogP contribution in [0.25, 0.3) is 0 Å². The lowest BCUT2D eigenvalue weighted by Gasteiger charge is -2.06. The van der Waals surface area contributed by atoms with Crippen LogP contribution >= 0.6 is 27.3 Å². The minimum atomic E-state index is -0.383. The van der Waals surface area contributed by atoms with E-state index in [1.54, 1.807) is 12.1 Å². The standard InChI is InChI=1S/C15H13BrFNO3S/c1-9(19)18-7-11-3-5-15(22-11)13(20)8-21-14-4-2-10(17)6-12(14)16/h2-6H,7-8H2,1H3,(H,18,19). The predicted molar refractivity (Wildman–Crippen MR) is 85.8 cm³/mol. The molecule has 22 heavy (non-hydrogen) atoms. The van der Waals surface area contributed by atoms with Crippen LogP contribution in [0.3, 0.4) is 0 Å². The molecule has 0 atom stereocenters. The first-order chi connectivity index (χ1) is 10.5. The molecule has 0 aliphatic rings. The molecule has 7 heteroatoms. The average molecular weight is 386 g/mol. The van der Waals surface area contributed by atoms with Crippen molar-refractivity contribution < 1.29 is 18.7 Å². The number of nitrogens with one attached hydrogen (secondary N) is 1. The second-order valence-electron chi connectivity index (χ2n) is 4.46. The van der Waals surface area contributed by atoms with E-state index in [-0.39, 0.29) is 24.1 Å². The van der Waals surface area contributed by atoms with Gasteiger partial charge >= 0.3 is 0 Å². The van der Waals surface area contributed by atoms with Gasteiger partial charge in [-0.15, -0.1) is 11.3 Å². The summed E-state index contributed by atoms with van der Waals surface area (Å²) in [6.07, 6.45) is 0. The first kappa shape index (κ1) is 16.6. The minimum absolute atomic E-state index is 0.120. The lowest BCUT2D eigenvalue weighted by molar-refractivity contribution is -0.119. The molecule has 1 N–H and O–H groups in total. The number of hydrogen-bond donors (Lipinski definition) is 1. The summed E-state index contributed by atoms with van der Waals surface area (Å²) in [5.41, 5.74) is 0. The molecule has 0 aliphatic heterocycles. The van der Waals surface area contributed by atoms with Gasteiger partial charge in [-0.25, -0.2) is 4.39 Å². The Hall–Kier alpha value is -1.73.